The van der Waals surface area contributed by atoms with Crippen molar-refractivity contribution in [1.29, 1.82) is 0 Å². The summed E-state index contributed by atoms with van der Waals surface area (Å²) in [5.74, 6) is 0.856. The molecule has 0 bridgehead atoms. The van der Waals surface area contributed by atoms with Crippen molar-refractivity contribution in [3.05, 3.63) is 41.6 Å². The van der Waals surface area contributed by atoms with Crippen LogP contribution in [0.2, 0.25) is 0 Å². The second kappa shape index (κ2) is 4.88. The van der Waals surface area contributed by atoms with E-state index in [0.717, 1.165) is 11.3 Å². The highest BCUT2D eigenvalue weighted by molar-refractivity contribution is 5.91. The molecule has 0 aromatic heterocycles. The highest BCUT2D eigenvalue weighted by Gasteiger charge is 2.32. The van der Waals surface area contributed by atoms with Crippen molar-refractivity contribution in [3.8, 4) is 5.75 Å². The Bertz CT molecular complexity index is 562. The minimum absolute atomic E-state index is 0.141. The zero-order valence-corrected chi connectivity index (χ0v) is 10.7. The Kier molecular flexibility index (Phi) is 3.07. The lowest BCUT2D eigenvalue weighted by Crippen LogP contribution is -2.29. The van der Waals surface area contributed by atoms with Crippen LogP contribution in [0.5, 0.6) is 5.75 Å². The first kappa shape index (κ1) is 12.0. The van der Waals surface area contributed by atoms with E-state index in [0.29, 0.717) is 18.9 Å². The van der Waals surface area contributed by atoms with Crippen LogP contribution in [0, 0.1) is 5.92 Å². The summed E-state index contributed by atoms with van der Waals surface area (Å²) in [7, 11) is 0. The second-order valence-corrected chi connectivity index (χ2v) is 4.59. The molecule has 4 nitrogen and oxygen atoms in total. The summed E-state index contributed by atoms with van der Waals surface area (Å²) >= 11 is 0. The highest BCUT2D eigenvalue weighted by Crippen LogP contribution is 2.39. The van der Waals surface area contributed by atoms with E-state index in [1.54, 1.807) is 13.1 Å². The van der Waals surface area contributed by atoms with Gasteiger partial charge in [-0.25, -0.2) is 4.79 Å². The first-order chi connectivity index (χ1) is 9.29. The van der Waals surface area contributed by atoms with Gasteiger partial charge < -0.3 is 9.47 Å². The van der Waals surface area contributed by atoms with Crippen LogP contribution in [0.4, 0.5) is 0 Å². The first-order valence-corrected chi connectivity index (χ1v) is 6.44. The molecule has 3 rings (SSSR count). The van der Waals surface area contributed by atoms with Crippen molar-refractivity contribution < 1.29 is 14.3 Å². The number of fused-ring (bicyclic) bond motifs is 3. The van der Waals surface area contributed by atoms with Crippen molar-refractivity contribution in [3.63, 3.8) is 0 Å². The zero-order chi connectivity index (χ0) is 13.2. The lowest BCUT2D eigenvalue weighted by molar-refractivity contribution is -0.138. The predicted molar refractivity (Wildman–Crippen MR) is 71.4 cm³/mol. The summed E-state index contributed by atoms with van der Waals surface area (Å²) in [4.78, 5) is 15.9. The maximum Gasteiger partial charge on any atom is 0.356 e. The van der Waals surface area contributed by atoms with E-state index in [9.17, 15) is 4.79 Å². The fourth-order valence-corrected chi connectivity index (χ4v) is 2.47. The van der Waals surface area contributed by atoms with Crippen LogP contribution in [0.25, 0.3) is 0 Å². The molecule has 0 amide bonds. The SMILES string of the molecule is CCOC(=O)C1=C[C@H]2c3ccccc3OC[C@@H]2C=N1. The van der Waals surface area contributed by atoms with E-state index in [4.69, 9.17) is 9.47 Å². The quantitative estimate of drug-likeness (QED) is 0.764. The van der Waals surface area contributed by atoms with E-state index in [1.807, 2.05) is 30.3 Å². The Morgan fingerprint density at radius 3 is 3.16 bits per heavy atom. The van der Waals surface area contributed by atoms with Gasteiger partial charge in [-0.05, 0) is 19.1 Å². The number of benzene rings is 1. The van der Waals surface area contributed by atoms with Crippen molar-refractivity contribution in [1.82, 2.24) is 0 Å². The summed E-state index contributed by atoms with van der Waals surface area (Å²) in [6.45, 7) is 2.74. The Balaban J connectivity index is 1.94. The van der Waals surface area contributed by atoms with E-state index in [2.05, 4.69) is 4.99 Å². The van der Waals surface area contributed by atoms with Gasteiger partial charge in [-0.15, -0.1) is 0 Å². The Hall–Kier alpha value is -2.10. The minimum Gasteiger partial charge on any atom is -0.493 e. The molecule has 1 aromatic rings. The van der Waals surface area contributed by atoms with Gasteiger partial charge in [0.15, 0.2) is 0 Å². The lowest BCUT2D eigenvalue weighted by Gasteiger charge is -2.31. The molecule has 2 aliphatic rings. The number of hydrogen-bond acceptors (Lipinski definition) is 4. The van der Waals surface area contributed by atoms with Gasteiger partial charge in [0.2, 0.25) is 0 Å². The van der Waals surface area contributed by atoms with Crippen LogP contribution in [-0.4, -0.2) is 25.4 Å². The molecule has 0 N–H and O–H groups in total. The molecule has 0 saturated carbocycles. The van der Waals surface area contributed by atoms with Crippen molar-refractivity contribution in [2.45, 2.75) is 12.8 Å². The topological polar surface area (TPSA) is 47.9 Å². The third kappa shape index (κ3) is 2.14. The van der Waals surface area contributed by atoms with Crippen LogP contribution >= 0.6 is 0 Å². The van der Waals surface area contributed by atoms with Crippen LogP contribution in [0.1, 0.15) is 18.4 Å². The molecular formula is C15H15NO3. The summed E-state index contributed by atoms with van der Waals surface area (Å²) in [5, 5.41) is 0. The molecule has 4 heteroatoms. The Labute approximate surface area is 111 Å². The summed E-state index contributed by atoms with van der Waals surface area (Å²) in [6, 6.07) is 7.92. The van der Waals surface area contributed by atoms with E-state index in [-0.39, 0.29) is 17.8 Å². The average Bonchev–Trinajstić information content (AvgIpc) is 2.47. The van der Waals surface area contributed by atoms with Gasteiger partial charge in [0.1, 0.15) is 11.4 Å². The molecular weight excluding hydrogens is 242 g/mol. The third-order valence-corrected chi connectivity index (χ3v) is 3.40. The molecule has 2 atom stereocenters. The largest absolute Gasteiger partial charge is 0.493 e. The van der Waals surface area contributed by atoms with Crippen LogP contribution in [-0.2, 0) is 9.53 Å². The average molecular weight is 257 g/mol. The predicted octanol–water partition coefficient (Wildman–Crippen LogP) is 2.31. The number of nitrogens with zero attached hydrogens (tertiary/aromatic N) is 1. The first-order valence-electron chi connectivity index (χ1n) is 6.44. The maximum atomic E-state index is 11.7. The number of esters is 1. The van der Waals surface area contributed by atoms with Crippen molar-refractivity contribution >= 4 is 12.2 Å². The number of carbonyl (C=O) groups is 1. The van der Waals surface area contributed by atoms with Gasteiger partial charge in [0, 0.05) is 23.6 Å². The summed E-state index contributed by atoms with van der Waals surface area (Å²) in [5.41, 5.74) is 1.49. The Morgan fingerprint density at radius 2 is 2.32 bits per heavy atom. The fraction of sp³-hybridized carbons (Fsp3) is 0.333. The zero-order valence-electron chi connectivity index (χ0n) is 10.7. The molecule has 19 heavy (non-hydrogen) atoms. The van der Waals surface area contributed by atoms with E-state index < -0.39 is 0 Å². The fourth-order valence-electron chi connectivity index (χ4n) is 2.47. The number of hydrogen-bond donors (Lipinski definition) is 0. The van der Waals surface area contributed by atoms with Gasteiger partial charge in [0.05, 0.1) is 13.2 Å². The number of ether oxygens (including phenoxy) is 2. The summed E-state index contributed by atoms with van der Waals surface area (Å²) in [6.07, 6.45) is 3.69. The molecule has 0 fully saturated rings. The van der Waals surface area contributed by atoms with Gasteiger partial charge in [-0.2, -0.15) is 0 Å². The van der Waals surface area contributed by atoms with Gasteiger partial charge in [-0.1, -0.05) is 18.2 Å². The third-order valence-electron chi connectivity index (χ3n) is 3.40. The molecule has 2 aliphatic heterocycles. The number of carbonyl (C=O) groups excluding carboxylic acids is 1. The van der Waals surface area contributed by atoms with Gasteiger partial charge >= 0.3 is 5.97 Å². The number of rotatable bonds is 2. The number of aliphatic imine (C=N–C) groups is 1. The molecule has 0 radical (unpaired) electrons. The van der Waals surface area contributed by atoms with Gasteiger partial charge in [-0.3, -0.25) is 4.99 Å². The number of allylic oxidation sites excluding steroid dienone is 1. The maximum absolute atomic E-state index is 11.7. The smallest absolute Gasteiger partial charge is 0.356 e. The van der Waals surface area contributed by atoms with Crippen molar-refractivity contribution in [2.24, 2.45) is 10.9 Å². The molecule has 0 spiro atoms. The normalized spacial score (nSPS) is 23.7. The monoisotopic (exact) mass is 257 g/mol. The minimum atomic E-state index is -0.360. The molecule has 0 unspecified atom stereocenters. The van der Waals surface area contributed by atoms with Crippen LogP contribution < -0.4 is 4.74 Å². The molecule has 2 heterocycles. The second-order valence-electron chi connectivity index (χ2n) is 4.59. The van der Waals surface area contributed by atoms with Gasteiger partial charge in [0.25, 0.3) is 0 Å². The number of para-hydroxylation sites is 1. The van der Waals surface area contributed by atoms with Crippen LogP contribution in [0.15, 0.2) is 41.0 Å². The highest BCUT2D eigenvalue weighted by atomic mass is 16.5. The van der Waals surface area contributed by atoms with Crippen molar-refractivity contribution in [2.75, 3.05) is 13.2 Å². The van der Waals surface area contributed by atoms with Crippen LogP contribution in [0.3, 0.4) is 0 Å². The standard InChI is InChI=1S/C15H15NO3/c1-2-18-15(17)13-7-12-10(8-16-13)9-19-14-6-4-3-5-11(12)14/h3-8,10,12H,2,9H2,1H3/t10-,12+/m0/s1. The molecule has 0 saturated heterocycles. The lowest BCUT2D eigenvalue weighted by atomic mass is 9.83. The van der Waals surface area contributed by atoms with E-state index >= 15 is 0 Å². The Morgan fingerprint density at radius 1 is 1.47 bits per heavy atom. The molecule has 0 aliphatic carbocycles. The molecule has 1 aromatic carbocycles. The summed E-state index contributed by atoms with van der Waals surface area (Å²) < 4.78 is 10.7. The molecule has 98 valence electrons. The van der Waals surface area contributed by atoms with E-state index in [1.165, 1.54) is 0 Å².